The fourth-order valence-electron chi connectivity index (χ4n) is 3.39. The molecule has 0 radical (unpaired) electrons. The number of methoxy groups -OCH3 is 1. The second-order valence-electron chi connectivity index (χ2n) is 6.21. The van der Waals surface area contributed by atoms with Crippen LogP contribution in [-0.4, -0.2) is 40.3 Å². The van der Waals surface area contributed by atoms with Gasteiger partial charge in [0.25, 0.3) is 0 Å². The molecule has 112 valence electrons. The molecule has 1 heterocycles. The number of nitrogens with one attached hydrogen (secondary N) is 2. The summed E-state index contributed by atoms with van der Waals surface area (Å²) in [7, 11) is 4.06. The molecule has 0 spiro atoms. The topological polar surface area (TPSA) is 18.1 Å². The molecule has 0 aliphatic carbocycles. The lowest BCUT2D eigenvalue weighted by molar-refractivity contribution is -0.938. The van der Waals surface area contributed by atoms with Crippen LogP contribution in [0.5, 0.6) is 5.75 Å². The van der Waals surface area contributed by atoms with Crippen LogP contribution in [-0.2, 0) is 6.54 Å². The highest BCUT2D eigenvalue weighted by Crippen LogP contribution is 2.27. The van der Waals surface area contributed by atoms with Crippen molar-refractivity contribution in [1.82, 2.24) is 0 Å². The minimum atomic E-state index is 0.976. The van der Waals surface area contributed by atoms with Crippen molar-refractivity contribution in [2.75, 3.05) is 40.3 Å². The van der Waals surface area contributed by atoms with Crippen LogP contribution in [0.15, 0.2) is 36.4 Å². The summed E-state index contributed by atoms with van der Waals surface area (Å²) in [6, 6.07) is 13.0. The highest BCUT2D eigenvalue weighted by atomic mass is 16.5. The Kier molecular flexibility index (Phi) is 4.42. The van der Waals surface area contributed by atoms with Crippen molar-refractivity contribution in [1.29, 1.82) is 0 Å². The van der Waals surface area contributed by atoms with Crippen LogP contribution >= 0.6 is 0 Å². The first-order chi connectivity index (χ1) is 10.3. The maximum Gasteiger partial charge on any atom is 0.127 e. The van der Waals surface area contributed by atoms with Gasteiger partial charge in [-0.2, -0.15) is 0 Å². The third kappa shape index (κ3) is 3.20. The average Bonchev–Trinajstić information content (AvgIpc) is 2.72. The highest BCUT2D eigenvalue weighted by Gasteiger charge is 2.18. The van der Waals surface area contributed by atoms with Gasteiger partial charge in [0.2, 0.25) is 0 Å². The zero-order valence-electron chi connectivity index (χ0n) is 13.1. The summed E-state index contributed by atoms with van der Waals surface area (Å²) in [5.41, 5.74) is 1.45. The van der Waals surface area contributed by atoms with Crippen molar-refractivity contribution in [2.45, 2.75) is 13.0 Å². The SMILES string of the molecule is COc1ccc(C[NH+]2CCC[NH+](C)CC2)c2ccccc12. The fourth-order valence-corrected chi connectivity index (χ4v) is 3.39. The van der Waals surface area contributed by atoms with Crippen LogP contribution in [0.4, 0.5) is 0 Å². The second kappa shape index (κ2) is 6.46. The van der Waals surface area contributed by atoms with Gasteiger partial charge in [-0.3, -0.25) is 0 Å². The lowest BCUT2D eigenvalue weighted by Crippen LogP contribution is -3.15. The first-order valence-electron chi connectivity index (χ1n) is 7.97. The zero-order valence-corrected chi connectivity index (χ0v) is 13.1. The number of benzene rings is 2. The maximum atomic E-state index is 5.50. The molecule has 1 fully saturated rings. The quantitative estimate of drug-likeness (QED) is 0.822. The summed E-state index contributed by atoms with van der Waals surface area (Å²) in [4.78, 5) is 3.38. The summed E-state index contributed by atoms with van der Waals surface area (Å²) < 4.78 is 5.50. The Hall–Kier alpha value is -1.58. The predicted octanol–water partition coefficient (Wildman–Crippen LogP) is 0.152. The van der Waals surface area contributed by atoms with Crippen molar-refractivity contribution in [2.24, 2.45) is 0 Å². The number of hydrogen-bond acceptors (Lipinski definition) is 1. The number of hydrogen-bond donors (Lipinski definition) is 2. The molecule has 2 N–H and O–H groups in total. The molecule has 3 nitrogen and oxygen atoms in total. The summed E-state index contributed by atoms with van der Waals surface area (Å²) in [5, 5.41) is 2.57. The normalized spacial score (nSPS) is 23.0. The van der Waals surface area contributed by atoms with Crippen LogP contribution < -0.4 is 14.5 Å². The van der Waals surface area contributed by atoms with E-state index in [2.05, 4.69) is 43.4 Å². The van der Waals surface area contributed by atoms with E-state index in [1.165, 1.54) is 48.9 Å². The van der Waals surface area contributed by atoms with E-state index in [0.717, 1.165) is 12.3 Å². The number of fused-ring (bicyclic) bond motifs is 1. The molecule has 2 atom stereocenters. The minimum absolute atomic E-state index is 0.976. The summed E-state index contributed by atoms with van der Waals surface area (Å²) in [5.74, 6) is 0.976. The van der Waals surface area contributed by atoms with E-state index in [9.17, 15) is 0 Å². The van der Waals surface area contributed by atoms with Gasteiger partial charge in [0.05, 0.1) is 27.2 Å². The molecule has 0 bridgehead atoms. The molecule has 3 heteroatoms. The van der Waals surface area contributed by atoms with Gasteiger partial charge in [0, 0.05) is 17.4 Å². The average molecular weight is 286 g/mol. The van der Waals surface area contributed by atoms with Gasteiger partial charge < -0.3 is 14.5 Å². The molecule has 0 aromatic heterocycles. The molecule has 1 saturated heterocycles. The predicted molar refractivity (Wildman–Crippen MR) is 86.1 cm³/mol. The van der Waals surface area contributed by atoms with Gasteiger partial charge in [0.1, 0.15) is 25.4 Å². The van der Waals surface area contributed by atoms with E-state index < -0.39 is 0 Å². The Balaban J connectivity index is 1.87. The molecule has 1 aliphatic heterocycles. The van der Waals surface area contributed by atoms with E-state index in [1.807, 2.05) is 0 Å². The molecule has 0 saturated carbocycles. The smallest absolute Gasteiger partial charge is 0.127 e. The minimum Gasteiger partial charge on any atom is -0.496 e. The summed E-state index contributed by atoms with van der Waals surface area (Å²) in [6.45, 7) is 6.28. The van der Waals surface area contributed by atoms with E-state index in [1.54, 1.807) is 16.9 Å². The Labute approximate surface area is 127 Å². The van der Waals surface area contributed by atoms with Crippen LogP contribution in [0.2, 0.25) is 0 Å². The number of ether oxygens (including phenoxy) is 1. The number of likely N-dealkylation sites (N-methyl/N-ethyl adjacent to an activating group) is 1. The Morgan fingerprint density at radius 2 is 1.76 bits per heavy atom. The van der Waals surface area contributed by atoms with Gasteiger partial charge in [0.15, 0.2) is 0 Å². The third-order valence-electron chi connectivity index (χ3n) is 4.67. The largest absolute Gasteiger partial charge is 0.496 e. The van der Waals surface area contributed by atoms with Crippen LogP contribution in [0.25, 0.3) is 10.8 Å². The number of rotatable bonds is 3. The Bertz CT molecular complexity index is 611. The second-order valence-corrected chi connectivity index (χ2v) is 6.21. The van der Waals surface area contributed by atoms with Crippen LogP contribution in [0.3, 0.4) is 0 Å². The first-order valence-corrected chi connectivity index (χ1v) is 7.97. The Morgan fingerprint density at radius 3 is 2.57 bits per heavy atom. The molecule has 2 aromatic rings. The molecular weight excluding hydrogens is 260 g/mol. The molecule has 1 aliphatic rings. The molecule has 2 aromatic carbocycles. The summed E-state index contributed by atoms with van der Waals surface area (Å²) >= 11 is 0. The monoisotopic (exact) mass is 286 g/mol. The molecule has 21 heavy (non-hydrogen) atoms. The lowest BCUT2D eigenvalue weighted by atomic mass is 10.0. The highest BCUT2D eigenvalue weighted by molar-refractivity contribution is 5.90. The van der Waals surface area contributed by atoms with Gasteiger partial charge in [-0.25, -0.2) is 0 Å². The molecular formula is C18H26N2O+2. The standard InChI is InChI=1S/C18H24N2O/c1-19-10-5-11-20(13-12-19)14-15-8-9-18(21-2)17-7-4-3-6-16(15)17/h3-4,6-9H,5,10-14H2,1-2H3/p+2. The molecule has 2 unspecified atom stereocenters. The zero-order chi connectivity index (χ0) is 14.7. The van der Waals surface area contributed by atoms with Crippen molar-refractivity contribution in [3.8, 4) is 5.75 Å². The van der Waals surface area contributed by atoms with Crippen molar-refractivity contribution in [3.05, 3.63) is 42.0 Å². The molecule has 3 rings (SSSR count). The fraction of sp³-hybridized carbons (Fsp3) is 0.444. The molecule has 0 amide bonds. The Morgan fingerprint density at radius 1 is 0.952 bits per heavy atom. The van der Waals surface area contributed by atoms with Gasteiger partial charge in [-0.05, 0) is 17.5 Å². The lowest BCUT2D eigenvalue weighted by Gasteiger charge is -2.18. The number of quaternary nitrogens is 2. The van der Waals surface area contributed by atoms with Gasteiger partial charge in [-0.15, -0.1) is 0 Å². The van der Waals surface area contributed by atoms with E-state index >= 15 is 0 Å². The van der Waals surface area contributed by atoms with Crippen LogP contribution in [0, 0.1) is 0 Å². The van der Waals surface area contributed by atoms with Crippen molar-refractivity contribution >= 4 is 10.8 Å². The van der Waals surface area contributed by atoms with E-state index in [0.29, 0.717) is 0 Å². The van der Waals surface area contributed by atoms with Crippen molar-refractivity contribution < 1.29 is 14.5 Å². The maximum absolute atomic E-state index is 5.50. The summed E-state index contributed by atoms with van der Waals surface area (Å²) in [6.07, 6.45) is 1.33. The van der Waals surface area contributed by atoms with Gasteiger partial charge in [-0.1, -0.05) is 24.3 Å². The third-order valence-corrected chi connectivity index (χ3v) is 4.67. The van der Waals surface area contributed by atoms with Gasteiger partial charge >= 0.3 is 0 Å². The van der Waals surface area contributed by atoms with Crippen LogP contribution in [0.1, 0.15) is 12.0 Å². The van der Waals surface area contributed by atoms with E-state index in [4.69, 9.17) is 4.74 Å². The van der Waals surface area contributed by atoms with Crippen molar-refractivity contribution in [3.63, 3.8) is 0 Å². The van der Waals surface area contributed by atoms with E-state index in [-0.39, 0.29) is 0 Å². The first kappa shape index (κ1) is 14.4.